The second-order valence-corrected chi connectivity index (χ2v) is 10.6. The molecule has 0 aliphatic heterocycles. The lowest BCUT2D eigenvalue weighted by Gasteiger charge is -2.26. The minimum absolute atomic E-state index is 0.0307. The Hall–Kier alpha value is -4.61. The van der Waals surface area contributed by atoms with Crippen LogP contribution in [0.2, 0.25) is 0 Å². The molecule has 12 heteroatoms. The summed E-state index contributed by atoms with van der Waals surface area (Å²) in [6, 6.07) is 16.8. The van der Waals surface area contributed by atoms with E-state index in [2.05, 4.69) is 25.9 Å². The third kappa shape index (κ3) is 7.82. The largest absolute Gasteiger partial charge is 0.416 e. The third-order valence-electron chi connectivity index (χ3n) is 7.62. The molecule has 1 aliphatic rings. The van der Waals surface area contributed by atoms with Gasteiger partial charge in [0.15, 0.2) is 0 Å². The number of aromatic amines is 1. The number of amides is 2. The molecule has 0 radical (unpaired) electrons. The van der Waals surface area contributed by atoms with Gasteiger partial charge in [-0.1, -0.05) is 48.6 Å². The lowest BCUT2D eigenvalue weighted by molar-refractivity contribution is -0.137. The molecule has 1 aliphatic carbocycles. The van der Waals surface area contributed by atoms with Crippen LogP contribution < -0.4 is 10.2 Å². The molecule has 0 saturated heterocycles. The number of hydrogen-bond donors (Lipinski definition) is 2. The number of halogens is 4. The van der Waals surface area contributed by atoms with Crippen molar-refractivity contribution in [1.29, 1.82) is 0 Å². The molecule has 5 rings (SSSR count). The molecule has 1 aromatic heterocycles. The summed E-state index contributed by atoms with van der Waals surface area (Å²) in [6.07, 6.45) is 0.991. The molecule has 4 aromatic rings. The van der Waals surface area contributed by atoms with Crippen LogP contribution >= 0.6 is 0 Å². The molecule has 1 saturated carbocycles. The van der Waals surface area contributed by atoms with E-state index >= 15 is 0 Å². The number of alkyl halides is 3. The van der Waals surface area contributed by atoms with Gasteiger partial charge in [0.1, 0.15) is 5.82 Å². The van der Waals surface area contributed by atoms with Crippen LogP contribution in [0.4, 0.5) is 29.2 Å². The molecule has 3 aromatic carbocycles. The molecule has 0 spiro atoms. The number of anilines is 2. The molecule has 0 unspecified atom stereocenters. The van der Waals surface area contributed by atoms with Crippen LogP contribution in [0.25, 0.3) is 0 Å². The van der Waals surface area contributed by atoms with Crippen LogP contribution in [0.15, 0.2) is 66.7 Å². The molecule has 43 heavy (non-hydrogen) atoms. The zero-order valence-corrected chi connectivity index (χ0v) is 23.2. The Labute approximate surface area is 245 Å². The van der Waals surface area contributed by atoms with Crippen LogP contribution in [0.3, 0.4) is 0 Å². The Morgan fingerprint density at radius 2 is 1.65 bits per heavy atom. The van der Waals surface area contributed by atoms with Crippen molar-refractivity contribution < 1.29 is 27.2 Å². The first-order valence-electron chi connectivity index (χ1n) is 14.1. The molecule has 0 atom stereocenters. The summed E-state index contributed by atoms with van der Waals surface area (Å²) < 4.78 is 53.5. The number of hydrogen-bond acceptors (Lipinski definition) is 5. The monoisotopic (exact) mass is 594 g/mol. The van der Waals surface area contributed by atoms with Gasteiger partial charge in [-0.25, -0.2) is 4.39 Å². The van der Waals surface area contributed by atoms with E-state index in [9.17, 15) is 27.2 Å². The summed E-state index contributed by atoms with van der Waals surface area (Å²) in [6.45, 7) is 0.158. The normalized spacial score (nSPS) is 14.0. The van der Waals surface area contributed by atoms with Crippen molar-refractivity contribution in [3.63, 3.8) is 0 Å². The maximum absolute atomic E-state index is 13.9. The Kier molecular flexibility index (Phi) is 9.13. The van der Waals surface area contributed by atoms with Gasteiger partial charge in [-0.15, -0.1) is 5.10 Å². The Bertz CT molecular complexity index is 1530. The zero-order valence-electron chi connectivity index (χ0n) is 23.2. The predicted octanol–water partition coefficient (Wildman–Crippen LogP) is 6.82. The second kappa shape index (κ2) is 13.1. The summed E-state index contributed by atoms with van der Waals surface area (Å²) in [5.74, 6) is -1.26. The topological polar surface area (TPSA) is 104 Å². The number of aryl methyl sites for hydroxylation is 1. The van der Waals surface area contributed by atoms with Gasteiger partial charge in [-0.3, -0.25) is 14.9 Å². The fraction of sp³-hybridized carbons (Fsp3) is 0.323. The molecule has 1 heterocycles. The van der Waals surface area contributed by atoms with E-state index < -0.39 is 23.5 Å². The first-order valence-corrected chi connectivity index (χ1v) is 14.1. The Morgan fingerprint density at radius 3 is 2.30 bits per heavy atom. The molecule has 2 amide bonds. The summed E-state index contributed by atoms with van der Waals surface area (Å²) in [4.78, 5) is 27.6. The van der Waals surface area contributed by atoms with E-state index in [0.717, 1.165) is 30.5 Å². The SMILES string of the molecule is O=C(Nc1nn[nH]n1)c1ccc(CN(C(=O)CCc2cc(F)cc(C(F)(F)F)c2)c2ccc(C3CCCCC3)cc2)cc1. The van der Waals surface area contributed by atoms with Crippen molar-refractivity contribution in [1.82, 2.24) is 20.6 Å². The molecule has 2 N–H and O–H groups in total. The highest BCUT2D eigenvalue weighted by Gasteiger charge is 2.31. The first-order chi connectivity index (χ1) is 20.7. The van der Waals surface area contributed by atoms with E-state index in [1.807, 2.05) is 24.3 Å². The lowest BCUT2D eigenvalue weighted by Crippen LogP contribution is -2.30. The number of H-pyrrole nitrogens is 1. The van der Waals surface area contributed by atoms with Crippen LogP contribution in [-0.2, 0) is 23.9 Å². The highest BCUT2D eigenvalue weighted by atomic mass is 19.4. The van der Waals surface area contributed by atoms with Gasteiger partial charge in [-0.05, 0) is 89.5 Å². The van der Waals surface area contributed by atoms with Crippen molar-refractivity contribution in [2.24, 2.45) is 0 Å². The first kappa shape index (κ1) is 29.9. The van der Waals surface area contributed by atoms with Gasteiger partial charge in [0.25, 0.3) is 11.9 Å². The van der Waals surface area contributed by atoms with E-state index in [0.29, 0.717) is 23.2 Å². The van der Waals surface area contributed by atoms with Crippen molar-refractivity contribution >= 4 is 23.5 Å². The highest BCUT2D eigenvalue weighted by Crippen LogP contribution is 2.34. The number of rotatable bonds is 9. The number of nitrogens with one attached hydrogen (secondary N) is 2. The third-order valence-corrected chi connectivity index (χ3v) is 7.62. The highest BCUT2D eigenvalue weighted by molar-refractivity contribution is 6.03. The maximum atomic E-state index is 13.9. The van der Waals surface area contributed by atoms with E-state index in [-0.39, 0.29) is 36.8 Å². The van der Waals surface area contributed by atoms with Crippen LogP contribution in [0, 0.1) is 5.82 Å². The van der Waals surface area contributed by atoms with Gasteiger partial charge in [0, 0.05) is 17.7 Å². The van der Waals surface area contributed by atoms with Crippen molar-refractivity contribution in [2.75, 3.05) is 10.2 Å². The number of aromatic nitrogens is 4. The molecular formula is C31H30F4N6O2. The molecular weight excluding hydrogens is 564 g/mol. The summed E-state index contributed by atoms with van der Waals surface area (Å²) in [5.41, 5.74) is 1.92. The smallest absolute Gasteiger partial charge is 0.308 e. The van der Waals surface area contributed by atoms with E-state index in [1.165, 1.54) is 24.8 Å². The summed E-state index contributed by atoms with van der Waals surface area (Å²) in [5, 5.41) is 15.5. The number of carbonyl (C=O) groups excluding carboxylic acids is 2. The van der Waals surface area contributed by atoms with Crippen LogP contribution in [0.5, 0.6) is 0 Å². The van der Waals surface area contributed by atoms with Crippen molar-refractivity contribution in [3.8, 4) is 0 Å². The number of nitrogens with zero attached hydrogens (tertiary/aromatic N) is 4. The molecule has 8 nitrogen and oxygen atoms in total. The minimum atomic E-state index is -4.69. The maximum Gasteiger partial charge on any atom is 0.416 e. The van der Waals surface area contributed by atoms with Crippen molar-refractivity contribution in [3.05, 3.63) is 100 Å². The fourth-order valence-electron chi connectivity index (χ4n) is 5.36. The average Bonchev–Trinajstić information content (AvgIpc) is 3.52. The van der Waals surface area contributed by atoms with E-state index in [4.69, 9.17) is 0 Å². The molecule has 224 valence electrons. The molecule has 0 bridgehead atoms. The quantitative estimate of drug-likeness (QED) is 0.207. The number of carbonyl (C=O) groups is 2. The lowest BCUT2D eigenvalue weighted by atomic mass is 9.84. The van der Waals surface area contributed by atoms with Gasteiger partial charge in [-0.2, -0.15) is 18.4 Å². The number of tetrazole rings is 1. The second-order valence-electron chi connectivity index (χ2n) is 10.6. The van der Waals surface area contributed by atoms with Gasteiger partial charge in [0.2, 0.25) is 5.91 Å². The Balaban J connectivity index is 1.34. The standard InChI is InChI=1S/C31H30F4N6O2/c32-26-17-21(16-25(18-26)31(33,34)35)8-15-28(42)41(27-13-11-23(12-14-27)22-4-2-1-3-5-22)19-20-6-9-24(10-7-20)29(43)36-30-37-39-40-38-30/h6-7,9-14,16-18,22H,1-5,8,15,19H2,(H2,36,37,38,39,40,43). The van der Waals surface area contributed by atoms with Gasteiger partial charge >= 0.3 is 6.18 Å². The van der Waals surface area contributed by atoms with Crippen LogP contribution in [0.1, 0.15) is 77.1 Å². The fourth-order valence-corrected chi connectivity index (χ4v) is 5.36. The van der Waals surface area contributed by atoms with E-state index in [1.54, 1.807) is 29.2 Å². The summed E-state index contributed by atoms with van der Waals surface area (Å²) >= 11 is 0. The van der Waals surface area contributed by atoms with Gasteiger partial charge < -0.3 is 4.90 Å². The molecule has 1 fully saturated rings. The van der Waals surface area contributed by atoms with Crippen LogP contribution in [-0.4, -0.2) is 32.4 Å². The predicted molar refractivity (Wildman–Crippen MR) is 152 cm³/mol. The number of benzene rings is 3. The van der Waals surface area contributed by atoms with Crippen molar-refractivity contribution in [2.45, 2.75) is 63.6 Å². The minimum Gasteiger partial charge on any atom is -0.308 e. The van der Waals surface area contributed by atoms with Gasteiger partial charge in [0.05, 0.1) is 12.1 Å². The zero-order chi connectivity index (χ0) is 30.4. The average molecular weight is 595 g/mol. The summed E-state index contributed by atoms with van der Waals surface area (Å²) in [7, 11) is 0. The Morgan fingerprint density at radius 1 is 0.930 bits per heavy atom.